The molecule has 0 aliphatic carbocycles. The summed E-state index contributed by atoms with van der Waals surface area (Å²) in [6.07, 6.45) is 13.0. The smallest absolute Gasteiger partial charge is 0.210 e. The molecule has 2 aromatic heterocycles. The first-order valence-corrected chi connectivity index (χ1v) is 18.2. The van der Waals surface area contributed by atoms with Gasteiger partial charge in [0.2, 0.25) is 5.69 Å². The number of para-hydroxylation sites is 2. The van der Waals surface area contributed by atoms with Gasteiger partial charge in [0.05, 0.1) is 5.41 Å². The predicted octanol–water partition coefficient (Wildman–Crippen LogP) is 9.94. The van der Waals surface area contributed by atoms with Crippen LogP contribution in [0.3, 0.4) is 0 Å². The summed E-state index contributed by atoms with van der Waals surface area (Å²) >= 11 is 0. The van der Waals surface area contributed by atoms with Crippen molar-refractivity contribution in [1.29, 1.82) is 0 Å². The number of fused-ring (bicyclic) bond motifs is 10. The topological polar surface area (TPSA) is 36.3 Å². The Bertz CT molecular complexity index is 2460. The zero-order valence-corrected chi connectivity index (χ0v) is 30.6. The molecule has 0 fully saturated rings. The van der Waals surface area contributed by atoms with Crippen LogP contribution < -0.4 is 4.90 Å². The van der Waals surface area contributed by atoms with Gasteiger partial charge in [-0.05, 0) is 62.2 Å². The molecule has 0 amide bonds. The molecule has 254 valence electrons. The van der Waals surface area contributed by atoms with Crippen LogP contribution in [0.25, 0.3) is 43.6 Å². The van der Waals surface area contributed by atoms with Crippen molar-refractivity contribution >= 4 is 60.7 Å². The highest BCUT2D eigenvalue weighted by Gasteiger charge is 2.46. The van der Waals surface area contributed by atoms with E-state index in [2.05, 4.69) is 171 Å². The number of allylic oxidation sites excluding steroid dienone is 6. The van der Waals surface area contributed by atoms with Crippen LogP contribution in [0, 0.1) is 0 Å². The van der Waals surface area contributed by atoms with Crippen molar-refractivity contribution in [2.45, 2.75) is 58.3 Å². The molecule has 6 aromatic rings. The number of benzene rings is 4. The average molecular weight is 662 g/mol. The largest absolute Gasteiger partial charge is 0.396 e. The van der Waals surface area contributed by atoms with Crippen molar-refractivity contribution in [1.82, 2.24) is 9.13 Å². The number of aromatic nitrogens is 2. The van der Waals surface area contributed by atoms with E-state index in [0.717, 1.165) is 25.9 Å². The van der Waals surface area contributed by atoms with Gasteiger partial charge in [0, 0.05) is 112 Å². The summed E-state index contributed by atoms with van der Waals surface area (Å²) in [6, 6.07) is 26.7. The van der Waals surface area contributed by atoms with Crippen LogP contribution in [0.4, 0.5) is 11.4 Å². The third-order valence-electron chi connectivity index (χ3n) is 11.5. The van der Waals surface area contributed by atoms with E-state index in [1.165, 1.54) is 77.5 Å². The Hall–Kier alpha value is -4.87. The number of aryl methyl sites for hydroxylation is 2. The second-order valence-corrected chi connectivity index (χ2v) is 15.2. The Morgan fingerprint density at radius 3 is 1.96 bits per heavy atom. The van der Waals surface area contributed by atoms with Gasteiger partial charge in [0.15, 0.2) is 5.71 Å². The maximum Gasteiger partial charge on any atom is 0.210 e. The number of hydrogen-bond donors (Lipinski definition) is 1. The first-order chi connectivity index (χ1) is 24.1. The minimum absolute atomic E-state index is 0.156. The summed E-state index contributed by atoms with van der Waals surface area (Å²) in [7, 11) is 4.36. The highest BCUT2D eigenvalue weighted by molar-refractivity contribution is 6.16. The van der Waals surface area contributed by atoms with Gasteiger partial charge in [-0.15, -0.1) is 0 Å². The molecule has 2 aliphatic heterocycles. The van der Waals surface area contributed by atoms with Gasteiger partial charge in [0.25, 0.3) is 0 Å². The number of aliphatic hydroxyl groups excluding tert-OH is 1. The molecule has 1 N–H and O–H groups in total. The van der Waals surface area contributed by atoms with E-state index in [1.807, 2.05) is 0 Å². The van der Waals surface area contributed by atoms with Gasteiger partial charge in [-0.2, -0.15) is 4.58 Å². The monoisotopic (exact) mass is 661 g/mol. The van der Waals surface area contributed by atoms with Crippen LogP contribution >= 0.6 is 0 Å². The fourth-order valence-corrected chi connectivity index (χ4v) is 9.27. The standard InChI is InChI=1S/C45H49N4O/c1-8-27-48-36-25-23-34-40(30-17-12-14-19-32(30)46(34)6)42(36)44(2,3)38(48)21-10-9-11-22-39-45(4,5)43-37(49(39)28-16-29-50)26-24-35-41(43)31-18-13-15-20-33(31)47(35)7/h9-15,17-26,50H,8,16,27-29H2,1-7H3/q+1. The quantitative estimate of drug-likeness (QED) is 0.130. The number of nitrogens with zero attached hydrogens (tertiary/aromatic N) is 4. The van der Waals surface area contributed by atoms with E-state index >= 15 is 0 Å². The molecular weight excluding hydrogens is 613 g/mol. The highest BCUT2D eigenvalue weighted by Crippen LogP contribution is 2.52. The number of hydrogen-bond acceptors (Lipinski definition) is 2. The summed E-state index contributed by atoms with van der Waals surface area (Å²) in [6.45, 7) is 13.7. The molecule has 0 saturated heterocycles. The molecule has 4 aromatic carbocycles. The van der Waals surface area contributed by atoms with Crippen LogP contribution in [0.2, 0.25) is 0 Å². The van der Waals surface area contributed by atoms with Crippen molar-refractivity contribution in [2.24, 2.45) is 14.1 Å². The second-order valence-electron chi connectivity index (χ2n) is 15.2. The summed E-state index contributed by atoms with van der Waals surface area (Å²) < 4.78 is 7.20. The van der Waals surface area contributed by atoms with Gasteiger partial charge >= 0.3 is 0 Å². The minimum atomic E-state index is -0.214. The van der Waals surface area contributed by atoms with Gasteiger partial charge in [-0.25, -0.2) is 0 Å². The third-order valence-corrected chi connectivity index (χ3v) is 11.5. The minimum Gasteiger partial charge on any atom is -0.396 e. The van der Waals surface area contributed by atoms with Crippen LogP contribution in [0.15, 0.2) is 109 Å². The number of anilines is 1. The molecule has 0 radical (unpaired) electrons. The molecule has 0 saturated carbocycles. The predicted molar refractivity (Wildman–Crippen MR) is 212 cm³/mol. The fourth-order valence-electron chi connectivity index (χ4n) is 9.27. The van der Waals surface area contributed by atoms with Gasteiger partial charge in [0.1, 0.15) is 6.54 Å². The summed E-state index contributed by atoms with van der Waals surface area (Å²) in [5.41, 5.74) is 12.7. The molecule has 8 rings (SSSR count). The summed E-state index contributed by atoms with van der Waals surface area (Å²) in [5, 5.41) is 15.2. The lowest BCUT2D eigenvalue weighted by Crippen LogP contribution is -2.28. The molecule has 5 heteroatoms. The van der Waals surface area contributed by atoms with Gasteiger partial charge < -0.3 is 19.1 Å². The van der Waals surface area contributed by atoms with E-state index in [0.29, 0.717) is 0 Å². The molecule has 0 unspecified atom stereocenters. The van der Waals surface area contributed by atoms with Crippen LogP contribution in [-0.2, 0) is 24.9 Å². The first kappa shape index (κ1) is 32.3. The molecular formula is C45H49N4O+. The first-order valence-electron chi connectivity index (χ1n) is 18.2. The summed E-state index contributed by atoms with van der Waals surface area (Å²) in [4.78, 5) is 2.44. The van der Waals surface area contributed by atoms with Crippen molar-refractivity contribution in [3.8, 4) is 0 Å². The second kappa shape index (κ2) is 11.9. The molecule has 0 spiro atoms. The van der Waals surface area contributed by atoms with Crippen LogP contribution in [0.5, 0.6) is 0 Å². The average Bonchev–Trinajstić information content (AvgIpc) is 3.72. The normalized spacial score (nSPS) is 17.7. The van der Waals surface area contributed by atoms with Gasteiger partial charge in [-0.3, -0.25) is 0 Å². The maximum atomic E-state index is 9.86. The van der Waals surface area contributed by atoms with Crippen LogP contribution in [0.1, 0.15) is 58.6 Å². The maximum absolute atomic E-state index is 9.86. The highest BCUT2D eigenvalue weighted by atomic mass is 16.3. The van der Waals surface area contributed by atoms with E-state index in [-0.39, 0.29) is 17.4 Å². The Balaban J connectivity index is 1.18. The lowest BCUT2D eigenvalue weighted by atomic mass is 9.79. The molecule has 4 heterocycles. The van der Waals surface area contributed by atoms with Crippen molar-refractivity contribution in [2.75, 3.05) is 24.6 Å². The summed E-state index contributed by atoms with van der Waals surface area (Å²) in [5.74, 6) is 0. The molecule has 0 atom stereocenters. The Kier molecular flexibility index (Phi) is 7.68. The Morgan fingerprint density at radius 2 is 1.32 bits per heavy atom. The van der Waals surface area contributed by atoms with E-state index in [4.69, 9.17) is 0 Å². The molecule has 0 bridgehead atoms. The van der Waals surface area contributed by atoms with E-state index in [1.54, 1.807) is 0 Å². The Labute approximate surface area is 295 Å². The zero-order valence-electron chi connectivity index (χ0n) is 30.6. The number of aliphatic hydroxyl groups is 1. The molecule has 5 nitrogen and oxygen atoms in total. The lowest BCUT2D eigenvalue weighted by Gasteiger charge is -2.27. The van der Waals surface area contributed by atoms with Crippen molar-refractivity contribution < 1.29 is 9.68 Å². The van der Waals surface area contributed by atoms with Gasteiger partial charge in [-0.1, -0.05) is 75.4 Å². The van der Waals surface area contributed by atoms with Crippen molar-refractivity contribution in [3.05, 3.63) is 120 Å². The number of rotatable bonds is 8. The molecule has 2 aliphatic rings. The van der Waals surface area contributed by atoms with E-state index < -0.39 is 0 Å². The molecule has 50 heavy (non-hydrogen) atoms. The SMILES string of the molecule is CCC[N+]1=C(/C=C/C=C/C=C2/N(CCCO)c3ccc4c(c3C2(C)C)c2ccccc2n4C)C(C)(C)c2c1ccc1c2c2ccccc2n1C. The fraction of sp³-hybridized carbons (Fsp3) is 0.311. The van der Waals surface area contributed by atoms with E-state index in [9.17, 15) is 5.11 Å². The van der Waals surface area contributed by atoms with Crippen LogP contribution in [-0.4, -0.2) is 44.2 Å². The third kappa shape index (κ3) is 4.52. The lowest BCUT2D eigenvalue weighted by molar-refractivity contribution is -0.437. The Morgan fingerprint density at radius 1 is 0.700 bits per heavy atom. The zero-order chi connectivity index (χ0) is 34.9. The van der Waals surface area contributed by atoms with Crippen molar-refractivity contribution in [3.63, 3.8) is 0 Å².